The van der Waals surface area contributed by atoms with Crippen molar-refractivity contribution in [1.82, 2.24) is 0 Å². The van der Waals surface area contributed by atoms with Gasteiger partial charge in [0.25, 0.3) is 0 Å². The van der Waals surface area contributed by atoms with E-state index in [1.807, 2.05) is 20.8 Å². The molecule has 0 amide bonds. The summed E-state index contributed by atoms with van der Waals surface area (Å²) >= 11 is 29.8. The van der Waals surface area contributed by atoms with Crippen LogP contribution in [0.1, 0.15) is 20.8 Å². The molecule has 0 nitrogen and oxygen atoms in total. The zero-order chi connectivity index (χ0) is 11.5. The molecule has 0 aliphatic carbocycles. The SMILES string of the molecule is CC(C)(C)SC(Cl)=C(Cl)C(Cl)=C(Cl)Cl. The van der Waals surface area contributed by atoms with Crippen LogP contribution in [0.3, 0.4) is 0 Å². The zero-order valence-corrected chi connectivity index (χ0v) is 12.4. The van der Waals surface area contributed by atoms with Gasteiger partial charge in [-0.3, -0.25) is 0 Å². The molecule has 0 aliphatic rings. The van der Waals surface area contributed by atoms with Crippen LogP contribution in [0.15, 0.2) is 18.9 Å². The van der Waals surface area contributed by atoms with Crippen LogP contribution in [-0.2, 0) is 0 Å². The molecule has 0 radical (unpaired) electrons. The smallest absolute Gasteiger partial charge is 0.106 e. The van der Waals surface area contributed by atoms with E-state index in [4.69, 9.17) is 58.0 Å². The standard InChI is InChI=1S/C8H9Cl5S/c1-8(2,3)14-7(13)5(10)4(9)6(11)12/h1-3H3. The van der Waals surface area contributed by atoms with Crippen LogP contribution in [0.25, 0.3) is 0 Å². The fourth-order valence-corrected chi connectivity index (χ4v) is 2.70. The van der Waals surface area contributed by atoms with Crippen molar-refractivity contribution in [2.45, 2.75) is 25.5 Å². The second-order valence-electron chi connectivity index (χ2n) is 3.38. The molecular weight excluding hydrogens is 305 g/mol. The minimum atomic E-state index is -0.0932. The first-order valence-electron chi connectivity index (χ1n) is 3.60. The summed E-state index contributed by atoms with van der Waals surface area (Å²) in [6.45, 7) is 6.01. The molecule has 14 heavy (non-hydrogen) atoms. The van der Waals surface area contributed by atoms with E-state index in [0.29, 0.717) is 4.36 Å². The van der Waals surface area contributed by atoms with E-state index in [0.717, 1.165) is 0 Å². The third kappa shape index (κ3) is 5.99. The Morgan fingerprint density at radius 2 is 1.29 bits per heavy atom. The van der Waals surface area contributed by atoms with Crippen molar-refractivity contribution in [2.75, 3.05) is 0 Å². The summed E-state index contributed by atoms with van der Waals surface area (Å²) in [4.78, 5) is 0. The Balaban J connectivity index is 4.87. The molecular formula is C8H9Cl5S. The highest BCUT2D eigenvalue weighted by Gasteiger charge is 2.17. The molecule has 0 aromatic rings. The van der Waals surface area contributed by atoms with Gasteiger partial charge in [0, 0.05) is 4.75 Å². The van der Waals surface area contributed by atoms with Crippen LogP contribution < -0.4 is 0 Å². The topological polar surface area (TPSA) is 0 Å². The van der Waals surface area contributed by atoms with E-state index in [9.17, 15) is 0 Å². The predicted molar refractivity (Wildman–Crippen MR) is 70.7 cm³/mol. The maximum atomic E-state index is 5.93. The summed E-state index contributed by atoms with van der Waals surface area (Å²) in [5, 5.41) is 0.241. The van der Waals surface area contributed by atoms with Crippen LogP contribution in [0.5, 0.6) is 0 Å². The Kier molecular flexibility index (Phi) is 6.68. The molecule has 0 saturated carbocycles. The van der Waals surface area contributed by atoms with E-state index >= 15 is 0 Å². The minimum absolute atomic E-state index is 0.0484. The molecule has 0 fully saturated rings. The first kappa shape index (κ1) is 15.3. The lowest BCUT2D eigenvalue weighted by molar-refractivity contribution is 0.807. The highest BCUT2D eigenvalue weighted by molar-refractivity contribution is 8.05. The van der Waals surface area contributed by atoms with Gasteiger partial charge in [-0.05, 0) is 0 Å². The molecule has 0 unspecified atom stereocenters. The Labute approximate surface area is 114 Å². The maximum absolute atomic E-state index is 5.93. The van der Waals surface area contributed by atoms with Crippen molar-refractivity contribution in [1.29, 1.82) is 0 Å². The molecule has 82 valence electrons. The number of allylic oxidation sites excluding steroid dienone is 2. The Hall–Kier alpha value is 1.28. The molecule has 0 aromatic carbocycles. The third-order valence-corrected chi connectivity index (χ3v) is 3.98. The molecule has 0 rings (SSSR count). The number of halogens is 5. The first-order chi connectivity index (χ1) is 6.15. The van der Waals surface area contributed by atoms with E-state index in [1.54, 1.807) is 0 Å². The minimum Gasteiger partial charge on any atom is -0.106 e. The molecule has 0 bridgehead atoms. The molecule has 0 aromatic heterocycles. The highest BCUT2D eigenvalue weighted by Crippen LogP contribution is 2.40. The van der Waals surface area contributed by atoms with Crippen LogP contribution in [0.2, 0.25) is 0 Å². The molecule has 0 aliphatic heterocycles. The van der Waals surface area contributed by atoms with Gasteiger partial charge in [0.15, 0.2) is 0 Å². The summed E-state index contributed by atoms with van der Waals surface area (Å²) in [6, 6.07) is 0. The normalized spacial score (nSPS) is 13.7. The zero-order valence-electron chi connectivity index (χ0n) is 7.80. The molecule has 0 spiro atoms. The summed E-state index contributed by atoms with van der Waals surface area (Å²) in [6.07, 6.45) is 0. The quantitative estimate of drug-likeness (QED) is 0.559. The fourth-order valence-electron chi connectivity index (χ4n) is 0.483. The Morgan fingerprint density at radius 3 is 1.57 bits per heavy atom. The van der Waals surface area contributed by atoms with Crippen molar-refractivity contribution in [3.63, 3.8) is 0 Å². The second-order valence-corrected chi connectivity index (χ2v) is 7.52. The first-order valence-corrected chi connectivity index (χ1v) is 6.31. The highest BCUT2D eigenvalue weighted by atomic mass is 35.5. The molecule has 0 saturated heterocycles. The maximum Gasteiger partial charge on any atom is 0.127 e. The molecule has 0 heterocycles. The van der Waals surface area contributed by atoms with Gasteiger partial charge in [0.1, 0.15) is 4.49 Å². The van der Waals surface area contributed by atoms with Gasteiger partial charge in [0.05, 0.1) is 14.4 Å². The summed E-state index contributed by atoms with van der Waals surface area (Å²) in [7, 11) is 0. The molecule has 0 atom stereocenters. The van der Waals surface area contributed by atoms with Crippen molar-refractivity contribution in [3.05, 3.63) is 18.9 Å². The molecule has 6 heteroatoms. The number of hydrogen-bond acceptors (Lipinski definition) is 1. The van der Waals surface area contributed by atoms with Gasteiger partial charge in [-0.1, -0.05) is 78.8 Å². The average Bonchev–Trinajstić information content (AvgIpc) is 1.98. The summed E-state index contributed by atoms with van der Waals surface area (Å²) in [5.41, 5.74) is 0. The number of hydrogen-bond donors (Lipinski definition) is 0. The van der Waals surface area contributed by atoms with Gasteiger partial charge < -0.3 is 0 Å². The lowest BCUT2D eigenvalue weighted by Crippen LogP contribution is -2.06. The third-order valence-electron chi connectivity index (χ3n) is 0.927. The van der Waals surface area contributed by atoms with Gasteiger partial charge in [-0.15, -0.1) is 11.8 Å². The fraction of sp³-hybridized carbons (Fsp3) is 0.500. The van der Waals surface area contributed by atoms with E-state index in [2.05, 4.69) is 0 Å². The monoisotopic (exact) mass is 312 g/mol. The molecule has 0 N–H and O–H groups in total. The average molecular weight is 314 g/mol. The van der Waals surface area contributed by atoms with Gasteiger partial charge in [-0.25, -0.2) is 0 Å². The largest absolute Gasteiger partial charge is 0.127 e. The Bertz CT molecular complexity index is 270. The lowest BCUT2D eigenvalue weighted by Gasteiger charge is -2.17. The van der Waals surface area contributed by atoms with Gasteiger partial charge in [-0.2, -0.15) is 0 Å². The van der Waals surface area contributed by atoms with Gasteiger partial charge in [0.2, 0.25) is 0 Å². The van der Waals surface area contributed by atoms with Crippen molar-refractivity contribution in [2.24, 2.45) is 0 Å². The van der Waals surface area contributed by atoms with E-state index < -0.39 is 0 Å². The number of thioether (sulfide) groups is 1. The van der Waals surface area contributed by atoms with E-state index in [1.165, 1.54) is 11.8 Å². The summed E-state index contributed by atoms with van der Waals surface area (Å²) < 4.78 is 0.236. The Morgan fingerprint density at radius 1 is 0.857 bits per heavy atom. The van der Waals surface area contributed by atoms with Crippen LogP contribution in [0.4, 0.5) is 0 Å². The lowest BCUT2D eigenvalue weighted by atomic mass is 10.3. The van der Waals surface area contributed by atoms with Crippen molar-refractivity contribution < 1.29 is 0 Å². The van der Waals surface area contributed by atoms with E-state index in [-0.39, 0.29) is 19.3 Å². The predicted octanol–water partition coefficient (Wildman–Crippen LogP) is 6.05. The van der Waals surface area contributed by atoms with Gasteiger partial charge >= 0.3 is 0 Å². The van der Waals surface area contributed by atoms with Crippen molar-refractivity contribution >= 4 is 69.8 Å². The van der Waals surface area contributed by atoms with Crippen LogP contribution in [0, 0.1) is 0 Å². The second kappa shape index (κ2) is 6.12. The van der Waals surface area contributed by atoms with Crippen LogP contribution >= 0.6 is 69.8 Å². The summed E-state index contributed by atoms with van der Waals surface area (Å²) in [5.74, 6) is 0. The van der Waals surface area contributed by atoms with Crippen molar-refractivity contribution in [3.8, 4) is 0 Å². The van der Waals surface area contributed by atoms with Crippen LogP contribution in [-0.4, -0.2) is 4.75 Å². The number of rotatable bonds is 2.